The standard InChI is InChI=1S/C15H11N3O3S/c19-9-3-1-8(2-4-9)10-7-11(20)16-13-12(10)14(21)17-15-18(13)5-6-22-15/h1-6,10,19H,7H2,(H,16,20)/t10-/m1/s1. The topological polar surface area (TPSA) is 83.7 Å². The smallest absolute Gasteiger partial charge is 0.279 e. The van der Waals surface area contributed by atoms with Gasteiger partial charge in [0, 0.05) is 23.9 Å². The van der Waals surface area contributed by atoms with Crippen molar-refractivity contribution >= 4 is 28.0 Å². The number of hydrogen-bond donors (Lipinski definition) is 2. The highest BCUT2D eigenvalue weighted by Gasteiger charge is 2.31. The van der Waals surface area contributed by atoms with Crippen LogP contribution in [0.1, 0.15) is 23.5 Å². The van der Waals surface area contributed by atoms with Gasteiger partial charge >= 0.3 is 0 Å². The lowest BCUT2D eigenvalue weighted by Crippen LogP contribution is -2.31. The van der Waals surface area contributed by atoms with Crippen LogP contribution >= 0.6 is 11.3 Å². The van der Waals surface area contributed by atoms with Gasteiger partial charge in [0.15, 0.2) is 4.96 Å². The van der Waals surface area contributed by atoms with E-state index in [9.17, 15) is 14.7 Å². The van der Waals surface area contributed by atoms with Crippen molar-refractivity contribution in [1.82, 2.24) is 9.38 Å². The van der Waals surface area contributed by atoms with Gasteiger partial charge in [-0.15, -0.1) is 11.3 Å². The number of hydrogen-bond acceptors (Lipinski definition) is 5. The Balaban J connectivity index is 1.99. The van der Waals surface area contributed by atoms with Crippen LogP contribution in [0.2, 0.25) is 0 Å². The molecular formula is C15H11N3O3S. The maximum absolute atomic E-state index is 12.4. The Labute approximate surface area is 128 Å². The van der Waals surface area contributed by atoms with E-state index in [2.05, 4.69) is 10.3 Å². The van der Waals surface area contributed by atoms with Gasteiger partial charge in [0.25, 0.3) is 5.56 Å². The molecule has 0 bridgehead atoms. The Hall–Kier alpha value is -2.67. The molecule has 1 atom stereocenters. The number of aromatic hydroxyl groups is 1. The van der Waals surface area contributed by atoms with Gasteiger partial charge in [-0.25, -0.2) is 0 Å². The van der Waals surface area contributed by atoms with Crippen molar-refractivity contribution in [2.75, 3.05) is 5.32 Å². The third kappa shape index (κ3) is 1.90. The number of nitrogens with one attached hydrogen (secondary N) is 1. The monoisotopic (exact) mass is 313 g/mol. The molecule has 7 heteroatoms. The fourth-order valence-corrected chi connectivity index (χ4v) is 3.51. The van der Waals surface area contributed by atoms with Gasteiger partial charge in [0.1, 0.15) is 11.6 Å². The van der Waals surface area contributed by atoms with Crippen molar-refractivity contribution in [2.24, 2.45) is 0 Å². The van der Waals surface area contributed by atoms with E-state index in [0.29, 0.717) is 16.3 Å². The fraction of sp³-hybridized carbons (Fsp3) is 0.133. The molecule has 6 nitrogen and oxygen atoms in total. The molecule has 3 aromatic rings. The van der Waals surface area contributed by atoms with Crippen molar-refractivity contribution in [2.45, 2.75) is 12.3 Å². The molecule has 0 aliphatic carbocycles. The Bertz CT molecular complexity index is 943. The number of rotatable bonds is 1. The molecule has 1 aliphatic rings. The summed E-state index contributed by atoms with van der Waals surface area (Å²) in [6.45, 7) is 0. The molecule has 3 heterocycles. The van der Waals surface area contributed by atoms with E-state index < -0.39 is 0 Å². The second-order valence-electron chi connectivity index (χ2n) is 5.13. The number of fused-ring (bicyclic) bond motifs is 3. The molecule has 2 N–H and O–H groups in total. The van der Waals surface area contributed by atoms with E-state index in [1.165, 1.54) is 11.3 Å². The Morgan fingerprint density at radius 3 is 2.82 bits per heavy atom. The summed E-state index contributed by atoms with van der Waals surface area (Å²) in [5, 5.41) is 14.0. The van der Waals surface area contributed by atoms with Gasteiger partial charge in [-0.05, 0) is 17.7 Å². The van der Waals surface area contributed by atoms with Crippen molar-refractivity contribution in [3.05, 3.63) is 57.3 Å². The normalized spacial score (nSPS) is 17.3. The van der Waals surface area contributed by atoms with Gasteiger partial charge in [0.2, 0.25) is 5.91 Å². The van der Waals surface area contributed by atoms with Crippen LogP contribution in [-0.4, -0.2) is 20.4 Å². The highest BCUT2D eigenvalue weighted by molar-refractivity contribution is 7.15. The summed E-state index contributed by atoms with van der Waals surface area (Å²) in [4.78, 5) is 29.1. The summed E-state index contributed by atoms with van der Waals surface area (Å²) < 4.78 is 1.73. The highest BCUT2D eigenvalue weighted by Crippen LogP contribution is 2.35. The van der Waals surface area contributed by atoms with Crippen LogP contribution < -0.4 is 10.9 Å². The molecule has 4 rings (SSSR count). The predicted molar refractivity (Wildman–Crippen MR) is 82.5 cm³/mol. The lowest BCUT2D eigenvalue weighted by molar-refractivity contribution is -0.116. The molecule has 0 spiro atoms. The molecule has 110 valence electrons. The van der Waals surface area contributed by atoms with E-state index in [4.69, 9.17) is 0 Å². The van der Waals surface area contributed by atoms with Crippen LogP contribution in [0, 0.1) is 0 Å². The van der Waals surface area contributed by atoms with E-state index in [1.54, 1.807) is 34.9 Å². The fourth-order valence-electron chi connectivity index (χ4n) is 2.80. The number of thiazole rings is 1. The quantitative estimate of drug-likeness (QED) is 0.719. The first-order chi connectivity index (χ1) is 10.6. The second-order valence-corrected chi connectivity index (χ2v) is 6.00. The van der Waals surface area contributed by atoms with Crippen molar-refractivity contribution in [1.29, 1.82) is 0 Å². The summed E-state index contributed by atoms with van der Waals surface area (Å²) in [5.74, 6) is 0.135. The third-order valence-corrected chi connectivity index (χ3v) is 4.56. The van der Waals surface area contributed by atoms with Crippen LogP contribution in [0.3, 0.4) is 0 Å². The second kappa shape index (κ2) is 4.67. The molecule has 0 radical (unpaired) electrons. The van der Waals surface area contributed by atoms with Crippen LogP contribution in [0.25, 0.3) is 4.96 Å². The van der Waals surface area contributed by atoms with E-state index in [0.717, 1.165) is 5.56 Å². The molecule has 1 aromatic carbocycles. The maximum Gasteiger partial charge on any atom is 0.279 e. The Morgan fingerprint density at radius 1 is 1.27 bits per heavy atom. The first-order valence-corrected chi connectivity index (χ1v) is 7.60. The summed E-state index contributed by atoms with van der Waals surface area (Å²) in [5.41, 5.74) is 0.972. The summed E-state index contributed by atoms with van der Waals surface area (Å²) >= 11 is 1.34. The SMILES string of the molecule is O=C1C[C@H](c2ccc(O)cc2)c2c(n3ccsc3nc2=O)N1. The zero-order valence-electron chi connectivity index (χ0n) is 11.3. The molecule has 0 unspecified atom stereocenters. The number of nitrogens with zero attached hydrogens (tertiary/aromatic N) is 2. The van der Waals surface area contributed by atoms with Gasteiger partial charge in [-0.3, -0.25) is 14.0 Å². The Kier molecular flexibility index (Phi) is 2.77. The minimum absolute atomic E-state index is 0.142. The average molecular weight is 313 g/mol. The lowest BCUT2D eigenvalue weighted by Gasteiger charge is -2.25. The van der Waals surface area contributed by atoms with Crippen LogP contribution in [0.4, 0.5) is 5.82 Å². The van der Waals surface area contributed by atoms with E-state index >= 15 is 0 Å². The minimum atomic E-state index is -0.360. The molecular weight excluding hydrogens is 302 g/mol. The first kappa shape index (κ1) is 13.0. The number of carbonyl (C=O) groups excluding carboxylic acids is 1. The summed E-state index contributed by atoms with van der Waals surface area (Å²) in [6.07, 6.45) is 1.97. The van der Waals surface area contributed by atoms with E-state index in [-0.39, 0.29) is 29.6 Å². The molecule has 1 aliphatic heterocycles. The molecule has 0 saturated carbocycles. The number of amides is 1. The van der Waals surface area contributed by atoms with Crippen LogP contribution in [-0.2, 0) is 4.79 Å². The van der Waals surface area contributed by atoms with Crippen molar-refractivity contribution in [3.8, 4) is 5.75 Å². The summed E-state index contributed by atoms with van der Waals surface area (Å²) in [6, 6.07) is 6.56. The third-order valence-electron chi connectivity index (χ3n) is 3.80. The number of carbonyl (C=O) groups is 1. The average Bonchev–Trinajstić information content (AvgIpc) is 2.95. The van der Waals surface area contributed by atoms with Crippen molar-refractivity contribution < 1.29 is 9.90 Å². The zero-order chi connectivity index (χ0) is 15.3. The van der Waals surface area contributed by atoms with E-state index in [1.807, 2.05) is 5.38 Å². The highest BCUT2D eigenvalue weighted by atomic mass is 32.1. The van der Waals surface area contributed by atoms with Gasteiger partial charge in [0.05, 0.1) is 5.56 Å². The predicted octanol–water partition coefficient (Wildman–Crippen LogP) is 1.94. The number of phenols is 1. The molecule has 0 saturated heterocycles. The van der Waals surface area contributed by atoms with Crippen LogP contribution in [0.5, 0.6) is 5.75 Å². The summed E-state index contributed by atoms with van der Waals surface area (Å²) in [7, 11) is 0. The van der Waals surface area contributed by atoms with Gasteiger partial charge < -0.3 is 10.4 Å². The zero-order valence-corrected chi connectivity index (χ0v) is 12.1. The molecule has 2 aromatic heterocycles. The van der Waals surface area contributed by atoms with Crippen LogP contribution in [0.15, 0.2) is 40.6 Å². The molecule has 22 heavy (non-hydrogen) atoms. The number of phenolic OH excluding ortho intramolecular Hbond substituents is 1. The maximum atomic E-state index is 12.4. The minimum Gasteiger partial charge on any atom is -0.508 e. The largest absolute Gasteiger partial charge is 0.508 e. The first-order valence-electron chi connectivity index (χ1n) is 6.72. The molecule has 0 fully saturated rings. The molecule has 1 amide bonds. The van der Waals surface area contributed by atoms with Crippen molar-refractivity contribution in [3.63, 3.8) is 0 Å². The Morgan fingerprint density at radius 2 is 2.05 bits per heavy atom. The number of aromatic nitrogens is 2. The number of benzene rings is 1. The lowest BCUT2D eigenvalue weighted by atomic mass is 9.87. The van der Waals surface area contributed by atoms with Gasteiger partial charge in [-0.2, -0.15) is 4.98 Å². The number of anilines is 1. The van der Waals surface area contributed by atoms with Gasteiger partial charge in [-0.1, -0.05) is 12.1 Å².